The summed E-state index contributed by atoms with van der Waals surface area (Å²) in [5.41, 5.74) is 4.22. The maximum Gasteiger partial charge on any atom is 0.573 e. The summed E-state index contributed by atoms with van der Waals surface area (Å²) in [6.07, 6.45) is -1.69. The minimum atomic E-state index is -4.75. The van der Waals surface area contributed by atoms with E-state index in [4.69, 9.17) is 4.98 Å². The lowest BCUT2D eigenvalue weighted by molar-refractivity contribution is -0.274. The van der Waals surface area contributed by atoms with Crippen LogP contribution >= 0.6 is 0 Å². The third-order valence-electron chi connectivity index (χ3n) is 7.21. The molecule has 0 saturated heterocycles. The molecule has 39 heavy (non-hydrogen) atoms. The number of hydrogen-bond donors (Lipinski definition) is 2. The van der Waals surface area contributed by atoms with Crippen LogP contribution in [-0.2, 0) is 0 Å². The number of imidazole rings is 1. The first-order chi connectivity index (χ1) is 18.4. The molecule has 0 radical (unpaired) electrons. The van der Waals surface area contributed by atoms with Crippen LogP contribution in [0, 0.1) is 11.3 Å². The van der Waals surface area contributed by atoms with Gasteiger partial charge in [-0.1, -0.05) is 39.0 Å². The molecule has 6 nitrogen and oxygen atoms in total. The Bertz CT molecular complexity index is 1510. The molecule has 1 aliphatic carbocycles. The van der Waals surface area contributed by atoms with Crippen molar-refractivity contribution in [1.29, 1.82) is 0 Å². The number of carboxylic acid groups (broad SMARTS) is 1. The average Bonchev–Trinajstić information content (AvgIpc) is 3.20. The first kappa shape index (κ1) is 26.6. The van der Waals surface area contributed by atoms with Crippen molar-refractivity contribution in [1.82, 2.24) is 9.55 Å². The van der Waals surface area contributed by atoms with E-state index in [1.54, 1.807) is 18.2 Å². The molecule has 204 valence electrons. The molecule has 0 bridgehead atoms. The molecule has 3 aromatic carbocycles. The lowest BCUT2D eigenvalue weighted by Crippen LogP contribution is -2.29. The van der Waals surface area contributed by atoms with Crippen LogP contribution < -0.4 is 10.1 Å². The summed E-state index contributed by atoms with van der Waals surface area (Å²) in [6.45, 7) is 6.80. The van der Waals surface area contributed by atoms with Crippen LogP contribution in [0.15, 0.2) is 66.7 Å². The number of aromatic nitrogens is 2. The molecule has 0 amide bonds. The fourth-order valence-electron chi connectivity index (χ4n) is 5.93. The van der Waals surface area contributed by atoms with Gasteiger partial charge in [-0.3, -0.25) is 0 Å². The molecule has 1 heterocycles. The number of nitrogens with one attached hydrogen (secondary N) is 1. The van der Waals surface area contributed by atoms with Crippen LogP contribution in [0.2, 0.25) is 0 Å². The summed E-state index contributed by atoms with van der Waals surface area (Å²) < 4.78 is 44.0. The Hall–Kier alpha value is -4.01. The molecule has 2 N–H and O–H groups in total. The van der Waals surface area contributed by atoms with Gasteiger partial charge in [0.2, 0.25) is 5.95 Å². The van der Waals surface area contributed by atoms with Crippen molar-refractivity contribution in [2.24, 2.45) is 11.3 Å². The molecular formula is C30H30F3N3O3. The van der Waals surface area contributed by atoms with Gasteiger partial charge in [-0.05, 0) is 90.3 Å². The number of nitrogens with zero attached hydrogens (tertiary/aromatic N) is 2. The van der Waals surface area contributed by atoms with Crippen LogP contribution in [0.4, 0.5) is 24.8 Å². The summed E-state index contributed by atoms with van der Waals surface area (Å²) in [7, 11) is 0. The van der Waals surface area contributed by atoms with E-state index in [-0.39, 0.29) is 22.8 Å². The highest BCUT2D eigenvalue weighted by Gasteiger charge is 2.35. The molecule has 2 atom stereocenters. The fraction of sp³-hybridized carbons (Fsp3) is 0.333. The topological polar surface area (TPSA) is 76.4 Å². The van der Waals surface area contributed by atoms with E-state index in [1.807, 2.05) is 24.3 Å². The molecule has 0 unspecified atom stereocenters. The van der Waals surface area contributed by atoms with Gasteiger partial charge >= 0.3 is 12.3 Å². The smallest absolute Gasteiger partial charge is 0.478 e. The second-order valence-corrected chi connectivity index (χ2v) is 11.2. The summed E-state index contributed by atoms with van der Waals surface area (Å²) in [5.74, 6) is -0.172. The van der Waals surface area contributed by atoms with Gasteiger partial charge in [0.25, 0.3) is 0 Å². The molecule has 1 aromatic heterocycles. The van der Waals surface area contributed by atoms with E-state index < -0.39 is 12.3 Å². The number of carboxylic acids is 1. The van der Waals surface area contributed by atoms with Crippen molar-refractivity contribution in [3.63, 3.8) is 0 Å². The monoisotopic (exact) mass is 537 g/mol. The number of carbonyl (C=O) groups is 1. The van der Waals surface area contributed by atoms with E-state index in [0.717, 1.165) is 41.4 Å². The highest BCUT2D eigenvalue weighted by Crippen LogP contribution is 2.46. The Kier molecular flexibility index (Phi) is 6.78. The normalized spacial score (nSPS) is 19.1. The first-order valence-electron chi connectivity index (χ1n) is 12.9. The molecule has 4 aromatic rings. The second-order valence-electron chi connectivity index (χ2n) is 11.2. The fourth-order valence-corrected chi connectivity index (χ4v) is 5.93. The second kappa shape index (κ2) is 9.94. The maximum atomic E-state index is 12.6. The number of anilines is 2. The summed E-state index contributed by atoms with van der Waals surface area (Å²) >= 11 is 0. The molecule has 1 aliphatic rings. The molecule has 1 saturated carbocycles. The van der Waals surface area contributed by atoms with Gasteiger partial charge in [-0.25, -0.2) is 9.78 Å². The number of halogens is 3. The van der Waals surface area contributed by atoms with E-state index in [9.17, 15) is 23.1 Å². The number of fused-ring (bicyclic) bond motifs is 1. The van der Waals surface area contributed by atoms with Gasteiger partial charge in [0.1, 0.15) is 5.75 Å². The van der Waals surface area contributed by atoms with E-state index >= 15 is 0 Å². The van der Waals surface area contributed by atoms with Crippen molar-refractivity contribution in [2.75, 3.05) is 5.32 Å². The van der Waals surface area contributed by atoms with Gasteiger partial charge in [-0.15, -0.1) is 13.2 Å². The Balaban J connectivity index is 1.56. The Morgan fingerprint density at radius 1 is 1.05 bits per heavy atom. The zero-order valence-corrected chi connectivity index (χ0v) is 21.9. The highest BCUT2D eigenvalue weighted by atomic mass is 19.4. The van der Waals surface area contributed by atoms with Crippen molar-refractivity contribution in [2.45, 2.75) is 52.4 Å². The van der Waals surface area contributed by atoms with Crippen molar-refractivity contribution in [3.8, 4) is 16.9 Å². The zero-order valence-electron chi connectivity index (χ0n) is 21.9. The number of benzene rings is 3. The Morgan fingerprint density at radius 3 is 2.44 bits per heavy atom. The summed E-state index contributed by atoms with van der Waals surface area (Å²) in [6, 6.07) is 18.4. The van der Waals surface area contributed by atoms with Crippen LogP contribution in [0.3, 0.4) is 0 Å². The average molecular weight is 538 g/mol. The van der Waals surface area contributed by atoms with E-state index in [0.29, 0.717) is 17.6 Å². The van der Waals surface area contributed by atoms with Gasteiger partial charge in [0.15, 0.2) is 0 Å². The van der Waals surface area contributed by atoms with Gasteiger partial charge < -0.3 is 19.7 Å². The largest absolute Gasteiger partial charge is 0.573 e. The number of aromatic carboxylic acids is 1. The lowest BCUT2D eigenvalue weighted by Gasteiger charge is -2.40. The minimum absolute atomic E-state index is 0.143. The maximum absolute atomic E-state index is 12.6. The van der Waals surface area contributed by atoms with Crippen molar-refractivity contribution < 1.29 is 27.8 Å². The molecule has 5 rings (SSSR count). The third-order valence-corrected chi connectivity index (χ3v) is 7.21. The van der Waals surface area contributed by atoms with Crippen LogP contribution in [0.5, 0.6) is 5.75 Å². The number of alkyl halides is 3. The highest BCUT2D eigenvalue weighted by molar-refractivity contribution is 5.90. The minimum Gasteiger partial charge on any atom is -0.478 e. The number of rotatable bonds is 6. The van der Waals surface area contributed by atoms with Crippen LogP contribution in [-0.4, -0.2) is 27.0 Å². The zero-order chi connectivity index (χ0) is 27.9. The van der Waals surface area contributed by atoms with Crippen LogP contribution in [0.1, 0.15) is 56.4 Å². The van der Waals surface area contributed by atoms with Gasteiger partial charge in [0.05, 0.1) is 16.6 Å². The third kappa shape index (κ3) is 6.02. The van der Waals surface area contributed by atoms with Gasteiger partial charge in [0, 0.05) is 11.7 Å². The summed E-state index contributed by atoms with van der Waals surface area (Å²) in [5, 5.41) is 12.7. The quantitative estimate of drug-likeness (QED) is 0.258. The van der Waals surface area contributed by atoms with Gasteiger partial charge in [-0.2, -0.15) is 0 Å². The molecular weight excluding hydrogens is 507 g/mol. The SMILES string of the molecule is C[C@@H]1C[C@H](n2c(Nc3ccc(OC(F)(F)F)cc3)nc3cc(-c4cccc(C(=O)O)c4)ccc32)CC(C)(C)C1. The molecule has 0 spiro atoms. The number of hydrogen-bond acceptors (Lipinski definition) is 4. The van der Waals surface area contributed by atoms with Crippen LogP contribution in [0.25, 0.3) is 22.2 Å². The van der Waals surface area contributed by atoms with Crippen molar-refractivity contribution >= 4 is 28.6 Å². The summed E-state index contributed by atoms with van der Waals surface area (Å²) in [4.78, 5) is 16.4. The van der Waals surface area contributed by atoms with E-state index in [1.165, 1.54) is 24.3 Å². The predicted octanol–water partition coefficient (Wildman–Crippen LogP) is 8.43. The molecule has 1 fully saturated rings. The predicted molar refractivity (Wildman–Crippen MR) is 144 cm³/mol. The lowest BCUT2D eigenvalue weighted by atomic mass is 9.70. The first-order valence-corrected chi connectivity index (χ1v) is 12.9. The Morgan fingerprint density at radius 2 is 1.77 bits per heavy atom. The standard InChI is InChI=1S/C30H30F3N3O3/c1-18-13-23(17-29(2,3)16-18)36-26-12-7-20(19-5-4-6-21(14-19)27(37)38)15-25(26)35-28(36)34-22-8-10-24(11-9-22)39-30(31,32)33/h4-12,14-15,18,23H,13,16-17H2,1-3H3,(H,34,35)(H,37,38)/t18-,23+/m1/s1. The van der Waals surface area contributed by atoms with Crippen molar-refractivity contribution in [3.05, 3.63) is 72.3 Å². The van der Waals surface area contributed by atoms with E-state index in [2.05, 4.69) is 35.4 Å². The Labute approximate surface area is 224 Å². The number of ether oxygens (including phenoxy) is 1. The molecule has 9 heteroatoms. The molecule has 0 aliphatic heterocycles.